The number of methoxy groups -OCH3 is 1. The fraction of sp³-hybridized carbons (Fsp3) is 0.594. The van der Waals surface area contributed by atoms with Crippen LogP contribution < -0.4 is 5.32 Å². The number of aliphatic hydroxyl groups excluding tert-OH is 1. The number of para-hydroxylation sites is 1. The zero-order valence-corrected chi connectivity index (χ0v) is 26.8. The van der Waals surface area contributed by atoms with Gasteiger partial charge >= 0.3 is 12.1 Å². The lowest BCUT2D eigenvalue weighted by atomic mass is 9.87. The van der Waals surface area contributed by atoms with E-state index in [9.17, 15) is 19.1 Å². The molecule has 3 rings (SSSR count). The van der Waals surface area contributed by atoms with Gasteiger partial charge in [-0.1, -0.05) is 57.5 Å². The Morgan fingerprint density at radius 1 is 1.24 bits per heavy atom. The number of aliphatic hydroxyl groups is 1. The molecule has 13 heteroatoms. The number of nitrogens with zero attached hydrogens (tertiary/aromatic N) is 4. The van der Waals surface area contributed by atoms with Gasteiger partial charge < -0.3 is 25.2 Å². The van der Waals surface area contributed by atoms with Crippen LogP contribution >= 0.6 is 0 Å². The lowest BCUT2D eigenvalue weighted by molar-refractivity contribution is -0.191. The maximum absolute atomic E-state index is 14.7. The maximum Gasteiger partial charge on any atom is 0.373 e. The van der Waals surface area contributed by atoms with Crippen LogP contribution in [0.1, 0.15) is 75.5 Å². The van der Waals surface area contributed by atoms with Crippen molar-refractivity contribution >= 4 is 18.0 Å². The lowest BCUT2D eigenvalue weighted by Gasteiger charge is -2.40. The number of carbonyl (C=O) groups excluding carboxylic acids is 3. The van der Waals surface area contributed by atoms with E-state index in [1.165, 1.54) is 10.7 Å². The summed E-state index contributed by atoms with van der Waals surface area (Å²) in [5.41, 5.74) is 1.17. The van der Waals surface area contributed by atoms with Gasteiger partial charge in [0.05, 0.1) is 11.8 Å². The van der Waals surface area contributed by atoms with Crippen LogP contribution in [0.5, 0.6) is 0 Å². The molecule has 2 aromatic rings. The molecule has 1 aliphatic heterocycles. The highest BCUT2D eigenvalue weighted by Crippen LogP contribution is 2.26. The van der Waals surface area contributed by atoms with Crippen molar-refractivity contribution in [1.82, 2.24) is 25.2 Å². The van der Waals surface area contributed by atoms with Crippen LogP contribution in [0.2, 0.25) is 0 Å². The second-order valence-electron chi connectivity index (χ2n) is 11.2. The van der Waals surface area contributed by atoms with E-state index in [1.54, 1.807) is 25.3 Å². The highest BCUT2D eigenvalue weighted by atomic mass is 19.1. The molecule has 1 aromatic carbocycles. The second-order valence-corrected chi connectivity index (χ2v) is 11.2. The summed E-state index contributed by atoms with van der Waals surface area (Å²) in [7, 11) is 1.66. The summed E-state index contributed by atoms with van der Waals surface area (Å²) in [6.07, 6.45) is 6.35. The Hall–Kier alpha value is -3.77. The van der Waals surface area contributed by atoms with Crippen LogP contribution in [-0.4, -0.2) is 93.6 Å². The van der Waals surface area contributed by atoms with Crippen molar-refractivity contribution in [2.75, 3.05) is 33.4 Å². The number of nitrogens with one attached hydrogen (secondary N) is 1. The highest BCUT2D eigenvalue weighted by molar-refractivity contribution is 5.93. The minimum atomic E-state index is -0.981. The van der Waals surface area contributed by atoms with E-state index in [0.717, 1.165) is 51.1 Å². The van der Waals surface area contributed by atoms with Crippen LogP contribution in [0.3, 0.4) is 0 Å². The smallest absolute Gasteiger partial charge is 0.373 e. The molecule has 1 saturated heterocycles. The number of carbonyl (C=O) groups is 2. The zero-order valence-electron chi connectivity index (χ0n) is 26.8. The summed E-state index contributed by atoms with van der Waals surface area (Å²) < 4.78 is 21.4. The molecule has 45 heavy (non-hydrogen) atoms. The number of hydrogen-bond donors (Lipinski definition) is 3. The Morgan fingerprint density at radius 3 is 2.49 bits per heavy atom. The van der Waals surface area contributed by atoms with E-state index in [1.807, 2.05) is 4.90 Å². The van der Waals surface area contributed by atoms with Crippen molar-refractivity contribution in [2.45, 2.75) is 77.9 Å². The van der Waals surface area contributed by atoms with Crippen molar-refractivity contribution in [3.05, 3.63) is 54.1 Å². The van der Waals surface area contributed by atoms with Gasteiger partial charge in [0, 0.05) is 45.5 Å². The van der Waals surface area contributed by atoms with Gasteiger partial charge in [-0.25, -0.2) is 13.9 Å². The molecule has 1 aromatic heterocycles. The fourth-order valence-electron chi connectivity index (χ4n) is 5.11. The Labute approximate surface area is 264 Å². The molecule has 1 aliphatic rings. The van der Waals surface area contributed by atoms with E-state index in [-0.39, 0.29) is 47.4 Å². The van der Waals surface area contributed by atoms with E-state index in [0.29, 0.717) is 31.8 Å². The zero-order chi connectivity index (χ0) is 33.8. The lowest BCUT2D eigenvalue weighted by Crippen LogP contribution is -2.54. The number of aromatic nitrogens is 3. The SMILES string of the molecule is C=CC(=O)O.CCCCC(O)[C@H]1CNC[C@@H](N(CC(C)C)C(=O)c2nnn(-c3ccccc3F)c2CCCCOC)C1.O=C=O. The van der Waals surface area contributed by atoms with Gasteiger partial charge in [-0.15, -0.1) is 5.10 Å². The number of halogens is 1. The van der Waals surface area contributed by atoms with Gasteiger partial charge in [0.25, 0.3) is 5.91 Å². The molecule has 0 radical (unpaired) electrons. The summed E-state index contributed by atoms with van der Waals surface area (Å²) in [5, 5.41) is 30.4. The molecule has 0 bridgehead atoms. The first-order valence-corrected chi connectivity index (χ1v) is 15.3. The number of ether oxygens (including phenoxy) is 1. The van der Waals surface area contributed by atoms with Crippen molar-refractivity contribution in [1.29, 1.82) is 0 Å². The molecule has 12 nitrogen and oxygen atoms in total. The number of unbranched alkanes of at least 4 members (excludes halogenated alkanes) is 2. The molecule has 3 N–H and O–H groups in total. The summed E-state index contributed by atoms with van der Waals surface area (Å²) in [6, 6.07) is 6.35. The average molecular weight is 634 g/mol. The van der Waals surface area contributed by atoms with E-state index >= 15 is 0 Å². The van der Waals surface area contributed by atoms with Crippen molar-refractivity contribution in [3.8, 4) is 5.69 Å². The number of benzene rings is 1. The summed E-state index contributed by atoms with van der Waals surface area (Å²) in [6.45, 7) is 11.9. The van der Waals surface area contributed by atoms with Crippen molar-refractivity contribution in [2.24, 2.45) is 11.8 Å². The normalized spacial score (nSPS) is 16.3. The number of carboxylic acid groups (broad SMARTS) is 1. The second kappa shape index (κ2) is 21.9. The fourth-order valence-corrected chi connectivity index (χ4v) is 5.11. The first kappa shape index (κ1) is 39.3. The number of amides is 1. The number of rotatable bonds is 15. The highest BCUT2D eigenvalue weighted by Gasteiger charge is 2.35. The van der Waals surface area contributed by atoms with Gasteiger partial charge in [-0.2, -0.15) is 9.59 Å². The predicted molar refractivity (Wildman–Crippen MR) is 165 cm³/mol. The van der Waals surface area contributed by atoms with Crippen LogP contribution in [0.15, 0.2) is 36.9 Å². The number of aliphatic carboxylic acids is 1. The van der Waals surface area contributed by atoms with Crippen LogP contribution in [0.25, 0.3) is 5.69 Å². The molecule has 0 saturated carbocycles. The summed E-state index contributed by atoms with van der Waals surface area (Å²) in [4.78, 5) is 41.5. The van der Waals surface area contributed by atoms with E-state index in [2.05, 4.69) is 43.0 Å². The van der Waals surface area contributed by atoms with Gasteiger partial charge in [0.2, 0.25) is 0 Å². The monoisotopic (exact) mass is 633 g/mol. The van der Waals surface area contributed by atoms with Gasteiger partial charge in [-0.05, 0) is 56.1 Å². The number of carboxylic acids is 1. The van der Waals surface area contributed by atoms with Crippen LogP contribution in [-0.2, 0) is 25.5 Å². The molecule has 1 unspecified atom stereocenters. The largest absolute Gasteiger partial charge is 0.478 e. The average Bonchev–Trinajstić information content (AvgIpc) is 3.44. The molecule has 3 atom stereocenters. The third-order valence-electron chi connectivity index (χ3n) is 7.26. The first-order valence-electron chi connectivity index (χ1n) is 15.3. The van der Waals surface area contributed by atoms with Gasteiger partial charge in [0.1, 0.15) is 11.5 Å². The summed E-state index contributed by atoms with van der Waals surface area (Å²) in [5.74, 6) is -1.24. The first-order chi connectivity index (χ1) is 21.6. The molecule has 0 spiro atoms. The van der Waals surface area contributed by atoms with Gasteiger partial charge in [-0.3, -0.25) is 4.79 Å². The van der Waals surface area contributed by atoms with Crippen molar-refractivity contribution < 1.29 is 38.5 Å². The van der Waals surface area contributed by atoms with E-state index in [4.69, 9.17) is 19.4 Å². The molecular weight excluding hydrogens is 585 g/mol. The topological polar surface area (TPSA) is 164 Å². The van der Waals surface area contributed by atoms with E-state index < -0.39 is 11.8 Å². The Kier molecular flexibility index (Phi) is 19.1. The third kappa shape index (κ3) is 13.4. The Morgan fingerprint density at radius 2 is 1.91 bits per heavy atom. The maximum atomic E-state index is 14.7. The molecule has 1 amide bonds. The molecule has 1 fully saturated rings. The predicted octanol–water partition coefficient (Wildman–Crippen LogP) is 3.68. The summed E-state index contributed by atoms with van der Waals surface area (Å²) >= 11 is 0. The minimum Gasteiger partial charge on any atom is -0.478 e. The quantitative estimate of drug-likeness (QED) is 0.195. The Bertz CT molecular complexity index is 1220. The Balaban J connectivity index is 0.00000113. The number of hydrogen-bond acceptors (Lipinski definition) is 9. The van der Waals surface area contributed by atoms with Crippen molar-refractivity contribution in [3.63, 3.8) is 0 Å². The molecule has 0 aliphatic carbocycles. The van der Waals surface area contributed by atoms with Crippen LogP contribution in [0, 0.1) is 17.7 Å². The molecular formula is C32H48FN5O7. The van der Waals surface area contributed by atoms with Gasteiger partial charge in [0.15, 0.2) is 5.69 Å². The molecule has 2 heterocycles. The third-order valence-corrected chi connectivity index (χ3v) is 7.26. The molecule has 250 valence electrons. The minimum absolute atomic E-state index is 0.0649. The standard InChI is InChI=1S/C28H44FN5O3.C3H4O2.CO2/c1-5-6-14-26(35)21-16-22(18-30-17-21)33(19-20(2)3)28(36)27-25(13-9-10-15-37-4)34(32-31-27)24-12-8-7-11-23(24)29;1-2-3(4)5;2-1-3/h7-8,11-12,20-22,26,30,35H,5-6,9-10,13-19H2,1-4H3;2H,1H2,(H,4,5);/t21-,22+,26?;;/m1../s1. The number of piperidine rings is 1. The van der Waals surface area contributed by atoms with Crippen LogP contribution in [0.4, 0.5) is 4.39 Å².